The number of amides is 1. The Morgan fingerprint density at radius 1 is 1.22 bits per heavy atom. The number of benzene rings is 1. The molecule has 0 aromatic heterocycles. The Bertz CT molecular complexity index is 542. The van der Waals surface area contributed by atoms with Crippen molar-refractivity contribution in [2.45, 2.75) is 51.9 Å². The molecule has 0 bridgehead atoms. The highest BCUT2D eigenvalue weighted by Crippen LogP contribution is 2.36. The van der Waals surface area contributed by atoms with E-state index in [9.17, 15) is 4.79 Å². The van der Waals surface area contributed by atoms with Crippen LogP contribution in [0.5, 0.6) is 5.75 Å². The Morgan fingerprint density at radius 3 is 2.22 bits per heavy atom. The van der Waals surface area contributed by atoms with Crippen molar-refractivity contribution < 1.29 is 23.9 Å². The van der Waals surface area contributed by atoms with Gasteiger partial charge in [0.15, 0.2) is 0 Å². The summed E-state index contributed by atoms with van der Waals surface area (Å²) in [6, 6.07) is 7.16. The summed E-state index contributed by atoms with van der Waals surface area (Å²) in [5.41, 5.74) is 0.183. The summed E-state index contributed by atoms with van der Waals surface area (Å²) in [7, 11) is -0.401. The molecular weight excluding hydrogens is 297 g/mol. The minimum Gasteiger partial charge on any atom is -0.491 e. The van der Waals surface area contributed by atoms with Crippen LogP contribution in [0.3, 0.4) is 0 Å². The standard InChI is InChI=1S/C16H24BNO5/c1-11(18-14(19)20)10-21-13-8-6-12(7-9-13)17-22-15(2,3)16(4,5)23-17/h6-9,11,18H,10H2,1-5H3,(H,19,20). The molecule has 1 heterocycles. The Kier molecular flexibility index (Phi) is 4.91. The minimum atomic E-state index is -1.06. The van der Waals surface area contributed by atoms with Crippen molar-refractivity contribution in [3.05, 3.63) is 24.3 Å². The molecule has 0 aliphatic carbocycles. The number of hydrogen-bond donors (Lipinski definition) is 2. The van der Waals surface area contributed by atoms with Gasteiger partial charge in [-0.2, -0.15) is 0 Å². The molecule has 1 atom stereocenters. The average molecular weight is 321 g/mol. The third-order valence-electron chi connectivity index (χ3n) is 4.28. The van der Waals surface area contributed by atoms with Gasteiger partial charge < -0.3 is 24.5 Å². The molecule has 6 nitrogen and oxygen atoms in total. The first-order chi connectivity index (χ1) is 10.6. The number of hydrogen-bond acceptors (Lipinski definition) is 4. The fraction of sp³-hybridized carbons (Fsp3) is 0.562. The van der Waals surface area contributed by atoms with E-state index in [1.807, 2.05) is 52.0 Å². The number of rotatable bonds is 5. The van der Waals surface area contributed by atoms with Crippen molar-refractivity contribution in [2.75, 3.05) is 6.61 Å². The maximum absolute atomic E-state index is 10.5. The van der Waals surface area contributed by atoms with Crippen LogP contribution in [-0.4, -0.2) is 42.2 Å². The van der Waals surface area contributed by atoms with Crippen LogP contribution in [0, 0.1) is 0 Å². The predicted molar refractivity (Wildman–Crippen MR) is 88.3 cm³/mol. The zero-order valence-electron chi connectivity index (χ0n) is 14.3. The molecule has 0 spiro atoms. The highest BCUT2D eigenvalue weighted by molar-refractivity contribution is 6.62. The summed E-state index contributed by atoms with van der Waals surface area (Å²) in [4.78, 5) is 10.5. The van der Waals surface area contributed by atoms with Crippen molar-refractivity contribution in [1.29, 1.82) is 0 Å². The first kappa shape index (κ1) is 17.6. The van der Waals surface area contributed by atoms with Crippen LogP contribution in [0.15, 0.2) is 24.3 Å². The number of carbonyl (C=O) groups is 1. The topological polar surface area (TPSA) is 77.0 Å². The molecule has 2 rings (SSSR count). The highest BCUT2D eigenvalue weighted by Gasteiger charge is 2.51. The summed E-state index contributed by atoms with van der Waals surface area (Å²) >= 11 is 0. The summed E-state index contributed by atoms with van der Waals surface area (Å²) in [6.07, 6.45) is -1.06. The van der Waals surface area contributed by atoms with E-state index in [2.05, 4.69) is 5.32 Å². The SMILES string of the molecule is CC(COc1ccc(B2OC(C)(C)C(C)(C)O2)cc1)NC(=O)O. The van der Waals surface area contributed by atoms with Crippen molar-refractivity contribution >= 4 is 18.7 Å². The quantitative estimate of drug-likeness (QED) is 0.812. The van der Waals surface area contributed by atoms with Crippen molar-refractivity contribution in [2.24, 2.45) is 0 Å². The lowest BCUT2D eigenvalue weighted by molar-refractivity contribution is 0.00578. The van der Waals surface area contributed by atoms with E-state index in [0.29, 0.717) is 5.75 Å². The number of nitrogens with one attached hydrogen (secondary N) is 1. The van der Waals surface area contributed by atoms with Gasteiger partial charge in [-0.15, -0.1) is 0 Å². The van der Waals surface area contributed by atoms with Gasteiger partial charge in [-0.25, -0.2) is 4.79 Å². The van der Waals surface area contributed by atoms with Gasteiger partial charge in [0.1, 0.15) is 12.4 Å². The largest absolute Gasteiger partial charge is 0.494 e. The molecule has 1 aliphatic heterocycles. The van der Waals surface area contributed by atoms with E-state index < -0.39 is 13.2 Å². The van der Waals surface area contributed by atoms with E-state index in [-0.39, 0.29) is 23.9 Å². The molecule has 1 aliphatic rings. The first-order valence-corrected chi connectivity index (χ1v) is 7.68. The Hall–Kier alpha value is -1.73. The van der Waals surface area contributed by atoms with Gasteiger partial charge in [0.25, 0.3) is 0 Å². The van der Waals surface area contributed by atoms with Gasteiger partial charge in [-0.05, 0) is 52.2 Å². The molecule has 1 fully saturated rings. The molecule has 23 heavy (non-hydrogen) atoms. The molecule has 2 N–H and O–H groups in total. The second kappa shape index (κ2) is 6.41. The van der Waals surface area contributed by atoms with Crippen LogP contribution in [0.1, 0.15) is 34.6 Å². The molecule has 126 valence electrons. The zero-order valence-corrected chi connectivity index (χ0v) is 14.3. The summed E-state index contributed by atoms with van der Waals surface area (Å²) in [6.45, 7) is 10.1. The van der Waals surface area contributed by atoms with Crippen LogP contribution in [0.25, 0.3) is 0 Å². The second-order valence-electron chi connectivity index (χ2n) is 6.82. The Morgan fingerprint density at radius 2 is 1.74 bits per heavy atom. The molecule has 1 aromatic carbocycles. The smallest absolute Gasteiger partial charge is 0.491 e. The Balaban J connectivity index is 1.94. The van der Waals surface area contributed by atoms with Gasteiger partial charge >= 0.3 is 13.2 Å². The molecule has 1 amide bonds. The van der Waals surface area contributed by atoms with Crippen molar-refractivity contribution in [3.8, 4) is 5.75 Å². The van der Waals surface area contributed by atoms with E-state index in [1.54, 1.807) is 6.92 Å². The van der Waals surface area contributed by atoms with E-state index in [0.717, 1.165) is 5.46 Å². The Labute approximate surface area is 137 Å². The molecule has 1 saturated heterocycles. The maximum atomic E-state index is 10.5. The lowest BCUT2D eigenvalue weighted by Gasteiger charge is -2.32. The fourth-order valence-corrected chi connectivity index (χ4v) is 2.17. The van der Waals surface area contributed by atoms with Crippen LogP contribution < -0.4 is 15.5 Å². The average Bonchev–Trinajstić information content (AvgIpc) is 2.65. The van der Waals surface area contributed by atoms with Crippen LogP contribution >= 0.6 is 0 Å². The summed E-state index contributed by atoms with van der Waals surface area (Å²) in [5.74, 6) is 0.671. The van der Waals surface area contributed by atoms with Crippen LogP contribution in [0.2, 0.25) is 0 Å². The van der Waals surface area contributed by atoms with E-state index in [1.165, 1.54) is 0 Å². The van der Waals surface area contributed by atoms with Crippen molar-refractivity contribution in [3.63, 3.8) is 0 Å². The maximum Gasteiger partial charge on any atom is 0.494 e. The summed E-state index contributed by atoms with van der Waals surface area (Å²) < 4.78 is 17.5. The lowest BCUT2D eigenvalue weighted by atomic mass is 9.79. The molecule has 7 heteroatoms. The molecular formula is C16H24BNO5. The first-order valence-electron chi connectivity index (χ1n) is 7.68. The number of carboxylic acid groups (broad SMARTS) is 1. The highest BCUT2D eigenvalue weighted by atomic mass is 16.7. The number of ether oxygens (including phenoxy) is 1. The lowest BCUT2D eigenvalue weighted by Crippen LogP contribution is -2.41. The van der Waals surface area contributed by atoms with Gasteiger partial charge in [0, 0.05) is 0 Å². The normalized spacial score (nSPS) is 20.1. The zero-order chi connectivity index (χ0) is 17.3. The predicted octanol–water partition coefficient (Wildman–Crippen LogP) is 2.02. The van der Waals surface area contributed by atoms with E-state index >= 15 is 0 Å². The molecule has 1 unspecified atom stereocenters. The van der Waals surface area contributed by atoms with Gasteiger partial charge in [-0.1, -0.05) is 12.1 Å². The monoisotopic (exact) mass is 321 g/mol. The van der Waals surface area contributed by atoms with Gasteiger partial charge in [-0.3, -0.25) is 0 Å². The molecule has 1 aromatic rings. The fourth-order valence-electron chi connectivity index (χ4n) is 2.17. The van der Waals surface area contributed by atoms with Gasteiger partial charge in [0.2, 0.25) is 0 Å². The minimum absolute atomic E-state index is 0.266. The second-order valence-corrected chi connectivity index (χ2v) is 6.82. The van der Waals surface area contributed by atoms with Crippen molar-refractivity contribution in [1.82, 2.24) is 5.32 Å². The van der Waals surface area contributed by atoms with Crippen LogP contribution in [-0.2, 0) is 9.31 Å². The summed E-state index contributed by atoms with van der Waals surface area (Å²) in [5, 5.41) is 11.0. The van der Waals surface area contributed by atoms with Crippen LogP contribution in [0.4, 0.5) is 4.79 Å². The molecule has 0 saturated carbocycles. The van der Waals surface area contributed by atoms with E-state index in [4.69, 9.17) is 19.2 Å². The third kappa shape index (κ3) is 4.17. The molecule has 0 radical (unpaired) electrons. The van der Waals surface area contributed by atoms with Gasteiger partial charge in [0.05, 0.1) is 17.2 Å². The third-order valence-corrected chi connectivity index (χ3v) is 4.28.